The number of carbonyl (C=O) groups is 1. The van der Waals surface area contributed by atoms with Crippen LogP contribution in [0.15, 0.2) is 60.7 Å². The maximum atomic E-state index is 13.0. The molecule has 0 aliphatic carbocycles. The molecule has 1 aliphatic heterocycles. The number of halogens is 3. The minimum absolute atomic E-state index is 0.368. The van der Waals surface area contributed by atoms with Gasteiger partial charge in [-0.05, 0) is 78.6 Å². The molecule has 0 fully saturated rings. The van der Waals surface area contributed by atoms with Crippen LogP contribution >= 0.6 is 23.2 Å². The fourth-order valence-electron chi connectivity index (χ4n) is 3.52. The van der Waals surface area contributed by atoms with Crippen LogP contribution in [0.5, 0.6) is 5.75 Å². The maximum absolute atomic E-state index is 13.0. The van der Waals surface area contributed by atoms with E-state index in [4.69, 9.17) is 27.9 Å². The molecule has 0 atom stereocenters. The van der Waals surface area contributed by atoms with Gasteiger partial charge in [0.15, 0.2) is 0 Å². The third-order valence-electron chi connectivity index (χ3n) is 4.94. The van der Waals surface area contributed by atoms with Crippen molar-refractivity contribution in [2.45, 2.75) is 19.4 Å². The molecule has 154 valence electrons. The molecule has 3 aromatic carbocycles. The lowest BCUT2D eigenvalue weighted by atomic mass is 10.0. The molecule has 1 N–H and O–H groups in total. The first-order chi connectivity index (χ1) is 14.5. The van der Waals surface area contributed by atoms with Crippen LogP contribution in [0.2, 0.25) is 10.0 Å². The van der Waals surface area contributed by atoms with Gasteiger partial charge in [0.2, 0.25) is 0 Å². The van der Waals surface area contributed by atoms with E-state index in [9.17, 15) is 9.18 Å². The van der Waals surface area contributed by atoms with E-state index in [1.54, 1.807) is 12.1 Å². The Morgan fingerprint density at radius 3 is 2.63 bits per heavy atom. The highest BCUT2D eigenvalue weighted by Crippen LogP contribution is 2.33. The molecule has 0 saturated carbocycles. The van der Waals surface area contributed by atoms with Gasteiger partial charge in [0, 0.05) is 34.5 Å². The summed E-state index contributed by atoms with van der Waals surface area (Å²) in [6.45, 7) is 1.59. The lowest BCUT2D eigenvalue weighted by Gasteiger charge is -2.32. The van der Waals surface area contributed by atoms with E-state index in [1.807, 2.05) is 24.3 Å². The summed E-state index contributed by atoms with van der Waals surface area (Å²) in [5.41, 5.74) is 3.68. The van der Waals surface area contributed by atoms with Gasteiger partial charge >= 0.3 is 6.09 Å². The average Bonchev–Trinajstić information content (AvgIpc) is 2.72. The molecule has 1 heterocycles. The lowest BCUT2D eigenvalue weighted by molar-refractivity contribution is 0.215. The van der Waals surface area contributed by atoms with Crippen molar-refractivity contribution in [3.05, 3.63) is 87.7 Å². The van der Waals surface area contributed by atoms with Crippen LogP contribution in [0.25, 0.3) is 0 Å². The van der Waals surface area contributed by atoms with Crippen molar-refractivity contribution in [3.8, 4) is 5.75 Å². The van der Waals surface area contributed by atoms with Crippen LogP contribution in [0.1, 0.15) is 17.5 Å². The normalized spacial score (nSPS) is 13.0. The van der Waals surface area contributed by atoms with Gasteiger partial charge in [0.25, 0.3) is 0 Å². The number of amides is 1. The van der Waals surface area contributed by atoms with Crippen molar-refractivity contribution in [1.82, 2.24) is 0 Å². The summed E-state index contributed by atoms with van der Waals surface area (Å²) >= 11 is 12.3. The fraction of sp³-hybridized carbons (Fsp3) is 0.174. The zero-order chi connectivity index (χ0) is 21.1. The van der Waals surface area contributed by atoms with Crippen molar-refractivity contribution >= 4 is 40.7 Å². The zero-order valence-electron chi connectivity index (χ0n) is 16.0. The second-order valence-electron chi connectivity index (χ2n) is 7.07. The topological polar surface area (TPSA) is 41.6 Å². The first kappa shape index (κ1) is 20.5. The van der Waals surface area contributed by atoms with Crippen molar-refractivity contribution in [3.63, 3.8) is 0 Å². The van der Waals surface area contributed by atoms with E-state index in [1.165, 1.54) is 24.3 Å². The smallest absolute Gasteiger partial charge is 0.410 e. The molecular formula is C23H19Cl2FN2O2. The van der Waals surface area contributed by atoms with Crippen LogP contribution < -0.4 is 15.0 Å². The molecule has 0 bridgehead atoms. The van der Waals surface area contributed by atoms with Crippen molar-refractivity contribution in [1.29, 1.82) is 0 Å². The van der Waals surface area contributed by atoms with Crippen LogP contribution in [-0.2, 0) is 13.0 Å². The summed E-state index contributed by atoms with van der Waals surface area (Å²) in [5.74, 6) is 0.0905. The molecule has 4 rings (SSSR count). The summed E-state index contributed by atoms with van der Waals surface area (Å²) in [6, 6.07) is 16.6. The monoisotopic (exact) mass is 444 g/mol. The first-order valence-corrected chi connectivity index (χ1v) is 10.3. The largest absolute Gasteiger partial charge is 0.417 e. The number of ether oxygens (including phenoxy) is 1. The molecule has 0 unspecified atom stereocenters. The van der Waals surface area contributed by atoms with Gasteiger partial charge < -0.3 is 9.64 Å². The third kappa shape index (κ3) is 4.86. The number of hydrogen-bond acceptors (Lipinski definition) is 3. The number of aryl methyl sites for hydroxylation is 1. The quantitative estimate of drug-likeness (QED) is 0.486. The average molecular weight is 445 g/mol. The number of nitrogens with one attached hydrogen (secondary N) is 1. The number of hydrogen-bond donors (Lipinski definition) is 1. The SMILES string of the molecule is O=C(Nc1ccc(F)cc1)Oc1ccc2c(c1)CCCN2Cc1ccc(Cl)cc1Cl. The predicted octanol–water partition coefficient (Wildman–Crippen LogP) is 6.70. The van der Waals surface area contributed by atoms with Crippen LogP contribution in [-0.4, -0.2) is 12.6 Å². The lowest BCUT2D eigenvalue weighted by Crippen LogP contribution is -2.29. The second-order valence-corrected chi connectivity index (χ2v) is 7.92. The van der Waals surface area contributed by atoms with Crippen molar-refractivity contribution < 1.29 is 13.9 Å². The Morgan fingerprint density at radius 1 is 1.07 bits per heavy atom. The number of carbonyl (C=O) groups excluding carboxylic acids is 1. The summed E-state index contributed by atoms with van der Waals surface area (Å²) in [7, 11) is 0. The Hall–Kier alpha value is -2.76. The van der Waals surface area contributed by atoms with E-state index < -0.39 is 6.09 Å². The molecule has 4 nitrogen and oxygen atoms in total. The Morgan fingerprint density at radius 2 is 1.87 bits per heavy atom. The van der Waals surface area contributed by atoms with Crippen molar-refractivity contribution in [2.24, 2.45) is 0 Å². The second kappa shape index (κ2) is 8.94. The van der Waals surface area contributed by atoms with Gasteiger partial charge in [-0.1, -0.05) is 29.3 Å². The molecule has 30 heavy (non-hydrogen) atoms. The summed E-state index contributed by atoms with van der Waals surface area (Å²) < 4.78 is 18.4. The van der Waals surface area contributed by atoms with Gasteiger partial charge in [-0.2, -0.15) is 0 Å². The summed E-state index contributed by atoms with van der Waals surface area (Å²) in [5, 5.41) is 3.85. The van der Waals surface area contributed by atoms with Crippen LogP contribution in [0.3, 0.4) is 0 Å². The number of anilines is 2. The van der Waals surface area contributed by atoms with Gasteiger partial charge in [0.05, 0.1) is 0 Å². The Labute approximate surface area is 184 Å². The molecule has 0 saturated heterocycles. The summed E-state index contributed by atoms with van der Waals surface area (Å²) in [4.78, 5) is 14.4. The molecule has 1 amide bonds. The molecule has 7 heteroatoms. The Bertz CT molecular complexity index is 1070. The highest BCUT2D eigenvalue weighted by atomic mass is 35.5. The van der Waals surface area contributed by atoms with E-state index in [0.29, 0.717) is 28.0 Å². The minimum atomic E-state index is -0.623. The van der Waals surface area contributed by atoms with Gasteiger partial charge in [-0.3, -0.25) is 5.32 Å². The number of benzene rings is 3. The molecule has 0 aromatic heterocycles. The van der Waals surface area contributed by atoms with E-state index >= 15 is 0 Å². The minimum Gasteiger partial charge on any atom is -0.410 e. The standard InChI is InChI=1S/C23H19Cl2FN2O2/c24-17-4-3-16(21(25)13-17)14-28-11-1-2-15-12-20(9-10-22(15)28)30-23(29)27-19-7-5-18(26)6-8-19/h3-10,12-13H,1-2,11,14H2,(H,27,29). The molecule has 1 aliphatic rings. The zero-order valence-corrected chi connectivity index (χ0v) is 17.5. The molecule has 0 radical (unpaired) electrons. The summed E-state index contributed by atoms with van der Waals surface area (Å²) in [6.07, 6.45) is 1.27. The van der Waals surface area contributed by atoms with E-state index in [-0.39, 0.29) is 5.82 Å². The highest BCUT2D eigenvalue weighted by Gasteiger charge is 2.19. The number of rotatable bonds is 4. The van der Waals surface area contributed by atoms with Gasteiger partial charge in [-0.15, -0.1) is 0 Å². The Kier molecular flexibility index (Phi) is 6.11. The predicted molar refractivity (Wildman–Crippen MR) is 118 cm³/mol. The molecule has 0 spiro atoms. The molecule has 3 aromatic rings. The first-order valence-electron chi connectivity index (χ1n) is 9.54. The number of nitrogens with zero attached hydrogens (tertiary/aromatic N) is 1. The Balaban J connectivity index is 1.46. The fourth-order valence-corrected chi connectivity index (χ4v) is 3.99. The van der Waals surface area contributed by atoms with Crippen LogP contribution in [0.4, 0.5) is 20.6 Å². The van der Waals surface area contributed by atoms with E-state index in [2.05, 4.69) is 10.2 Å². The van der Waals surface area contributed by atoms with Crippen LogP contribution in [0, 0.1) is 5.82 Å². The van der Waals surface area contributed by atoms with Crippen molar-refractivity contribution in [2.75, 3.05) is 16.8 Å². The highest BCUT2D eigenvalue weighted by molar-refractivity contribution is 6.35. The number of fused-ring (bicyclic) bond motifs is 1. The van der Waals surface area contributed by atoms with E-state index in [0.717, 1.165) is 36.2 Å². The third-order valence-corrected chi connectivity index (χ3v) is 5.53. The van der Waals surface area contributed by atoms with Gasteiger partial charge in [0.1, 0.15) is 11.6 Å². The van der Waals surface area contributed by atoms with Gasteiger partial charge in [-0.25, -0.2) is 9.18 Å². The molecular weight excluding hydrogens is 426 g/mol. The maximum Gasteiger partial charge on any atom is 0.417 e.